The lowest BCUT2D eigenvalue weighted by Gasteiger charge is -2.34. The van der Waals surface area contributed by atoms with Gasteiger partial charge in [0.05, 0.1) is 4.90 Å². The summed E-state index contributed by atoms with van der Waals surface area (Å²) in [6.45, 7) is 6.35. The third-order valence-corrected chi connectivity index (χ3v) is 7.24. The van der Waals surface area contributed by atoms with E-state index in [1.807, 2.05) is 39.0 Å². The van der Waals surface area contributed by atoms with Gasteiger partial charge in [-0.3, -0.25) is 4.79 Å². The molecule has 1 fully saturated rings. The van der Waals surface area contributed by atoms with Gasteiger partial charge in [0.25, 0.3) is 0 Å². The topological polar surface area (TPSA) is 66.5 Å². The highest BCUT2D eigenvalue weighted by molar-refractivity contribution is 7.89. The van der Waals surface area contributed by atoms with Crippen LogP contribution in [0.4, 0.5) is 5.69 Å². The maximum atomic E-state index is 13.1. The number of sulfonamides is 1. The Hall–Kier alpha value is -2.18. The molecule has 1 heterocycles. The van der Waals surface area contributed by atoms with Gasteiger partial charge in [0, 0.05) is 24.7 Å². The van der Waals surface area contributed by atoms with Crippen molar-refractivity contribution in [3.63, 3.8) is 0 Å². The Morgan fingerprint density at radius 2 is 1.71 bits per heavy atom. The fourth-order valence-electron chi connectivity index (χ4n) is 3.71. The van der Waals surface area contributed by atoms with E-state index in [0.717, 1.165) is 35.2 Å². The molecule has 1 aliphatic rings. The molecule has 1 amide bonds. The standard InChI is InChI=1S/C22H28N2O3S/c1-16-7-10-20(11-8-16)28(26,27)24-13-5-4-6-19(24)15-22(25)23-21-12-9-17(2)14-18(21)3/h7-12,14,19H,4-6,13,15H2,1-3H3,(H,23,25). The van der Waals surface area contributed by atoms with E-state index >= 15 is 0 Å². The van der Waals surface area contributed by atoms with Crippen LogP contribution in [0.3, 0.4) is 0 Å². The molecule has 0 aliphatic carbocycles. The number of carbonyl (C=O) groups is 1. The summed E-state index contributed by atoms with van der Waals surface area (Å²) in [5.74, 6) is -0.150. The normalized spacial score (nSPS) is 18.0. The van der Waals surface area contributed by atoms with Crippen molar-refractivity contribution in [2.24, 2.45) is 0 Å². The van der Waals surface area contributed by atoms with Crippen molar-refractivity contribution in [2.75, 3.05) is 11.9 Å². The molecule has 2 aromatic rings. The fourth-order valence-corrected chi connectivity index (χ4v) is 5.40. The van der Waals surface area contributed by atoms with E-state index in [0.29, 0.717) is 17.9 Å². The van der Waals surface area contributed by atoms with Crippen LogP contribution < -0.4 is 5.32 Å². The number of benzene rings is 2. The first-order valence-electron chi connectivity index (χ1n) is 9.73. The number of nitrogens with one attached hydrogen (secondary N) is 1. The molecule has 0 radical (unpaired) electrons. The number of piperidine rings is 1. The van der Waals surface area contributed by atoms with E-state index in [1.54, 1.807) is 24.3 Å². The second-order valence-electron chi connectivity index (χ2n) is 7.65. The van der Waals surface area contributed by atoms with E-state index in [1.165, 1.54) is 4.31 Å². The third kappa shape index (κ3) is 4.62. The van der Waals surface area contributed by atoms with Crippen LogP contribution in [-0.4, -0.2) is 31.2 Å². The van der Waals surface area contributed by atoms with Crippen LogP contribution >= 0.6 is 0 Å². The zero-order valence-electron chi connectivity index (χ0n) is 16.7. The molecular formula is C22H28N2O3S. The monoisotopic (exact) mass is 400 g/mol. The molecule has 0 bridgehead atoms. The van der Waals surface area contributed by atoms with Gasteiger partial charge < -0.3 is 5.32 Å². The zero-order valence-corrected chi connectivity index (χ0v) is 17.6. The molecule has 0 saturated carbocycles. The van der Waals surface area contributed by atoms with Crippen LogP contribution in [0.2, 0.25) is 0 Å². The Labute approximate surface area is 167 Å². The van der Waals surface area contributed by atoms with E-state index < -0.39 is 10.0 Å². The van der Waals surface area contributed by atoms with Crippen molar-refractivity contribution in [1.82, 2.24) is 4.31 Å². The molecule has 3 rings (SSSR count). The summed E-state index contributed by atoms with van der Waals surface area (Å²) >= 11 is 0. The largest absolute Gasteiger partial charge is 0.326 e. The minimum Gasteiger partial charge on any atom is -0.326 e. The SMILES string of the molecule is Cc1ccc(S(=O)(=O)N2CCCCC2CC(=O)Nc2ccc(C)cc2C)cc1. The smallest absolute Gasteiger partial charge is 0.243 e. The number of amides is 1. The average Bonchev–Trinajstić information content (AvgIpc) is 2.65. The summed E-state index contributed by atoms with van der Waals surface area (Å²) < 4.78 is 27.8. The summed E-state index contributed by atoms with van der Waals surface area (Å²) in [6.07, 6.45) is 2.62. The highest BCUT2D eigenvalue weighted by Crippen LogP contribution is 2.28. The zero-order chi connectivity index (χ0) is 20.3. The predicted octanol–water partition coefficient (Wildman–Crippen LogP) is 4.18. The molecule has 0 aromatic heterocycles. The average molecular weight is 401 g/mol. The maximum absolute atomic E-state index is 13.1. The lowest BCUT2D eigenvalue weighted by Crippen LogP contribution is -2.45. The lowest BCUT2D eigenvalue weighted by atomic mass is 10.0. The van der Waals surface area contributed by atoms with Crippen molar-refractivity contribution < 1.29 is 13.2 Å². The molecule has 28 heavy (non-hydrogen) atoms. The Morgan fingerprint density at radius 1 is 1.04 bits per heavy atom. The van der Waals surface area contributed by atoms with Crippen molar-refractivity contribution in [3.05, 3.63) is 59.2 Å². The first-order chi connectivity index (χ1) is 13.3. The molecule has 2 aromatic carbocycles. The fraction of sp³-hybridized carbons (Fsp3) is 0.409. The number of hydrogen-bond acceptors (Lipinski definition) is 3. The number of carbonyl (C=O) groups excluding carboxylic acids is 1. The summed E-state index contributed by atoms with van der Waals surface area (Å²) in [6, 6.07) is 12.5. The van der Waals surface area contributed by atoms with Gasteiger partial charge in [0.1, 0.15) is 0 Å². The summed E-state index contributed by atoms with van der Waals surface area (Å²) in [7, 11) is -3.61. The predicted molar refractivity (Wildman–Crippen MR) is 112 cm³/mol. The maximum Gasteiger partial charge on any atom is 0.243 e. The second kappa shape index (κ2) is 8.45. The number of nitrogens with zero attached hydrogens (tertiary/aromatic N) is 1. The first-order valence-corrected chi connectivity index (χ1v) is 11.2. The van der Waals surface area contributed by atoms with Gasteiger partial charge in [0.2, 0.25) is 15.9 Å². The van der Waals surface area contributed by atoms with Gasteiger partial charge in [-0.15, -0.1) is 0 Å². The van der Waals surface area contributed by atoms with Crippen LogP contribution in [-0.2, 0) is 14.8 Å². The van der Waals surface area contributed by atoms with E-state index in [2.05, 4.69) is 5.32 Å². The number of aryl methyl sites for hydroxylation is 3. The van der Waals surface area contributed by atoms with Gasteiger partial charge in [-0.1, -0.05) is 41.8 Å². The molecule has 1 unspecified atom stereocenters. The number of hydrogen-bond donors (Lipinski definition) is 1. The molecule has 1 N–H and O–H groups in total. The molecular weight excluding hydrogens is 372 g/mol. The van der Waals surface area contributed by atoms with Crippen molar-refractivity contribution in [1.29, 1.82) is 0 Å². The highest BCUT2D eigenvalue weighted by atomic mass is 32.2. The van der Waals surface area contributed by atoms with Gasteiger partial charge in [0.15, 0.2) is 0 Å². The van der Waals surface area contributed by atoms with Crippen LogP contribution in [0, 0.1) is 20.8 Å². The minimum absolute atomic E-state index is 0.150. The second-order valence-corrected chi connectivity index (χ2v) is 9.54. The number of rotatable bonds is 5. The van der Waals surface area contributed by atoms with E-state index in [-0.39, 0.29) is 18.4 Å². The highest BCUT2D eigenvalue weighted by Gasteiger charge is 2.34. The van der Waals surface area contributed by atoms with Gasteiger partial charge in [-0.05, 0) is 57.4 Å². The van der Waals surface area contributed by atoms with E-state index in [9.17, 15) is 13.2 Å². The summed E-state index contributed by atoms with van der Waals surface area (Å²) in [5.41, 5.74) is 3.93. The quantitative estimate of drug-likeness (QED) is 0.819. The van der Waals surface area contributed by atoms with Gasteiger partial charge in [-0.2, -0.15) is 4.31 Å². The van der Waals surface area contributed by atoms with E-state index in [4.69, 9.17) is 0 Å². The van der Waals surface area contributed by atoms with Crippen LogP contribution in [0.25, 0.3) is 0 Å². The summed E-state index contributed by atoms with van der Waals surface area (Å²) in [5, 5.41) is 2.94. The molecule has 1 atom stereocenters. The van der Waals surface area contributed by atoms with Crippen molar-refractivity contribution in [3.8, 4) is 0 Å². The minimum atomic E-state index is -3.61. The first kappa shape index (κ1) is 20.6. The Balaban J connectivity index is 1.75. The number of anilines is 1. The molecule has 0 spiro atoms. The van der Waals surface area contributed by atoms with Crippen molar-refractivity contribution in [2.45, 2.75) is 57.4 Å². The van der Waals surface area contributed by atoms with Gasteiger partial charge >= 0.3 is 0 Å². The van der Waals surface area contributed by atoms with Crippen LogP contribution in [0.1, 0.15) is 42.4 Å². The molecule has 150 valence electrons. The lowest BCUT2D eigenvalue weighted by molar-refractivity contribution is -0.117. The molecule has 1 saturated heterocycles. The van der Waals surface area contributed by atoms with Crippen molar-refractivity contribution >= 4 is 21.6 Å². The Morgan fingerprint density at radius 3 is 2.39 bits per heavy atom. The third-order valence-electron chi connectivity index (χ3n) is 5.28. The Kier molecular flexibility index (Phi) is 6.20. The summed E-state index contributed by atoms with van der Waals surface area (Å²) in [4.78, 5) is 12.9. The van der Waals surface area contributed by atoms with Crippen LogP contribution in [0.5, 0.6) is 0 Å². The molecule has 5 nitrogen and oxygen atoms in total. The van der Waals surface area contributed by atoms with Crippen LogP contribution in [0.15, 0.2) is 47.4 Å². The Bertz CT molecular complexity index is 952. The molecule has 6 heteroatoms. The van der Waals surface area contributed by atoms with Gasteiger partial charge in [-0.25, -0.2) is 8.42 Å². The molecule has 1 aliphatic heterocycles.